The first-order valence-corrected chi connectivity index (χ1v) is 5.09. The van der Waals surface area contributed by atoms with Crippen LogP contribution in [0.15, 0.2) is 24.5 Å². The van der Waals surface area contributed by atoms with Gasteiger partial charge in [0.25, 0.3) is 0 Å². The van der Waals surface area contributed by atoms with Crippen molar-refractivity contribution in [3.63, 3.8) is 0 Å². The van der Waals surface area contributed by atoms with Crippen LogP contribution < -0.4 is 0 Å². The maximum Gasteiger partial charge on any atom is 0.326 e. The van der Waals surface area contributed by atoms with Gasteiger partial charge in [-0.2, -0.15) is 0 Å². The van der Waals surface area contributed by atoms with Gasteiger partial charge in [0.2, 0.25) is 5.91 Å². The maximum atomic E-state index is 11.5. The molecule has 2 rings (SSSR count). The van der Waals surface area contributed by atoms with Crippen LogP contribution in [0.3, 0.4) is 0 Å². The Morgan fingerprint density at radius 2 is 2.19 bits per heavy atom. The molecule has 1 aliphatic heterocycles. The van der Waals surface area contributed by atoms with E-state index in [1.54, 1.807) is 24.5 Å². The number of hydrogen-bond donors (Lipinski definition) is 1. The number of hydrogen-bond acceptors (Lipinski definition) is 3. The summed E-state index contributed by atoms with van der Waals surface area (Å²) in [5.41, 5.74) is 0.900. The number of rotatable bonds is 3. The third-order valence-corrected chi connectivity index (χ3v) is 2.72. The van der Waals surface area contributed by atoms with E-state index in [4.69, 9.17) is 5.11 Å². The molecule has 5 nitrogen and oxygen atoms in total. The average Bonchev–Trinajstić information content (AvgIpc) is 2.62. The van der Waals surface area contributed by atoms with E-state index in [9.17, 15) is 9.59 Å². The highest BCUT2D eigenvalue weighted by Gasteiger charge is 2.35. The average molecular weight is 220 g/mol. The van der Waals surface area contributed by atoms with Crippen LogP contribution in [0.2, 0.25) is 0 Å². The second kappa shape index (κ2) is 4.30. The molecule has 0 spiro atoms. The lowest BCUT2D eigenvalue weighted by molar-refractivity contribution is -0.146. The zero-order valence-electron chi connectivity index (χ0n) is 8.67. The number of carboxylic acids is 1. The van der Waals surface area contributed by atoms with Gasteiger partial charge in [0.1, 0.15) is 6.04 Å². The molecule has 1 N–H and O–H groups in total. The summed E-state index contributed by atoms with van der Waals surface area (Å²) in [6.07, 6.45) is 3.98. The summed E-state index contributed by atoms with van der Waals surface area (Å²) in [4.78, 5) is 27.8. The highest BCUT2D eigenvalue weighted by Crippen LogP contribution is 2.21. The number of carbonyl (C=O) groups excluding carboxylic acids is 1. The highest BCUT2D eigenvalue weighted by molar-refractivity contribution is 5.87. The Labute approximate surface area is 92.7 Å². The van der Waals surface area contributed by atoms with Gasteiger partial charge < -0.3 is 10.0 Å². The minimum absolute atomic E-state index is 0.0933. The summed E-state index contributed by atoms with van der Waals surface area (Å²) >= 11 is 0. The van der Waals surface area contributed by atoms with Gasteiger partial charge in [0, 0.05) is 25.4 Å². The number of aliphatic carboxylic acids is 1. The Morgan fingerprint density at radius 3 is 2.81 bits per heavy atom. The highest BCUT2D eigenvalue weighted by atomic mass is 16.4. The molecule has 1 atom stereocenters. The molecule has 16 heavy (non-hydrogen) atoms. The molecule has 2 heterocycles. The lowest BCUT2D eigenvalue weighted by atomic mass is 10.2. The number of carbonyl (C=O) groups is 2. The fourth-order valence-electron chi connectivity index (χ4n) is 1.87. The molecular formula is C11H12N2O3. The summed E-state index contributed by atoms with van der Waals surface area (Å²) in [6.45, 7) is 0.346. The van der Waals surface area contributed by atoms with E-state index in [-0.39, 0.29) is 5.91 Å². The van der Waals surface area contributed by atoms with E-state index >= 15 is 0 Å². The van der Waals surface area contributed by atoms with Crippen LogP contribution in [-0.4, -0.2) is 32.9 Å². The normalized spacial score (nSPS) is 20.1. The molecule has 1 aromatic heterocycles. The van der Waals surface area contributed by atoms with Crippen molar-refractivity contribution in [2.45, 2.75) is 25.4 Å². The van der Waals surface area contributed by atoms with Crippen LogP contribution in [0, 0.1) is 0 Å². The van der Waals surface area contributed by atoms with Crippen LogP contribution in [0.1, 0.15) is 18.4 Å². The van der Waals surface area contributed by atoms with Crippen molar-refractivity contribution < 1.29 is 14.7 Å². The Hall–Kier alpha value is -1.91. The van der Waals surface area contributed by atoms with Gasteiger partial charge in [-0.15, -0.1) is 0 Å². The van der Waals surface area contributed by atoms with Gasteiger partial charge in [-0.1, -0.05) is 0 Å². The smallest absolute Gasteiger partial charge is 0.326 e. The SMILES string of the molecule is O=C(O)[C@H]1CCC(=O)N1Cc1ccncc1. The molecule has 0 aromatic carbocycles. The van der Waals surface area contributed by atoms with Crippen molar-refractivity contribution in [3.05, 3.63) is 30.1 Å². The van der Waals surface area contributed by atoms with Gasteiger partial charge in [0.15, 0.2) is 0 Å². The quantitative estimate of drug-likeness (QED) is 0.812. The minimum Gasteiger partial charge on any atom is -0.480 e. The van der Waals surface area contributed by atoms with Gasteiger partial charge in [-0.25, -0.2) is 4.79 Å². The fourth-order valence-corrected chi connectivity index (χ4v) is 1.87. The molecule has 0 radical (unpaired) electrons. The molecule has 1 fully saturated rings. The first kappa shape index (κ1) is 10.6. The molecule has 0 unspecified atom stereocenters. The van der Waals surface area contributed by atoms with Crippen LogP contribution in [-0.2, 0) is 16.1 Å². The molecular weight excluding hydrogens is 208 g/mol. The van der Waals surface area contributed by atoms with E-state index in [2.05, 4.69) is 4.98 Å². The fraction of sp³-hybridized carbons (Fsp3) is 0.364. The standard InChI is InChI=1S/C11H12N2O3/c14-10-2-1-9(11(15)16)13(10)7-8-3-5-12-6-4-8/h3-6,9H,1-2,7H2,(H,15,16)/t9-/m1/s1. The molecule has 0 saturated carbocycles. The summed E-state index contributed by atoms with van der Waals surface area (Å²) in [5.74, 6) is -1.02. The molecule has 0 bridgehead atoms. The summed E-state index contributed by atoms with van der Waals surface area (Å²) in [7, 11) is 0. The van der Waals surface area contributed by atoms with Gasteiger partial charge >= 0.3 is 5.97 Å². The lowest BCUT2D eigenvalue weighted by Crippen LogP contribution is -2.37. The number of pyridine rings is 1. The van der Waals surface area contributed by atoms with Crippen molar-refractivity contribution in [1.82, 2.24) is 9.88 Å². The molecule has 0 aliphatic carbocycles. The van der Waals surface area contributed by atoms with E-state index in [1.165, 1.54) is 4.90 Å². The maximum absolute atomic E-state index is 11.5. The van der Waals surface area contributed by atoms with Crippen molar-refractivity contribution in [1.29, 1.82) is 0 Å². The first-order chi connectivity index (χ1) is 7.68. The zero-order chi connectivity index (χ0) is 11.5. The predicted molar refractivity (Wildman–Crippen MR) is 55.4 cm³/mol. The van der Waals surface area contributed by atoms with E-state index in [1.807, 2.05) is 0 Å². The van der Waals surface area contributed by atoms with E-state index in [0.717, 1.165) is 5.56 Å². The van der Waals surface area contributed by atoms with Crippen LogP contribution in [0.25, 0.3) is 0 Å². The topological polar surface area (TPSA) is 70.5 Å². The third kappa shape index (κ3) is 2.03. The molecule has 5 heteroatoms. The van der Waals surface area contributed by atoms with E-state index < -0.39 is 12.0 Å². The molecule has 1 aliphatic rings. The predicted octanol–water partition coefficient (Wildman–Crippen LogP) is 0.657. The first-order valence-electron chi connectivity index (χ1n) is 5.09. The van der Waals surface area contributed by atoms with Crippen LogP contribution in [0.5, 0.6) is 0 Å². The summed E-state index contributed by atoms with van der Waals surface area (Å²) in [6, 6.07) is 2.88. The van der Waals surface area contributed by atoms with Crippen molar-refractivity contribution in [2.75, 3.05) is 0 Å². The van der Waals surface area contributed by atoms with Gasteiger partial charge in [-0.3, -0.25) is 9.78 Å². The van der Waals surface area contributed by atoms with E-state index in [0.29, 0.717) is 19.4 Å². The number of likely N-dealkylation sites (tertiary alicyclic amines) is 1. The Kier molecular flexibility index (Phi) is 2.85. The third-order valence-electron chi connectivity index (χ3n) is 2.72. The molecule has 84 valence electrons. The molecule has 1 amide bonds. The minimum atomic E-state index is -0.931. The van der Waals surface area contributed by atoms with Crippen molar-refractivity contribution >= 4 is 11.9 Å². The number of aromatic nitrogens is 1. The summed E-state index contributed by atoms with van der Waals surface area (Å²) in [5, 5.41) is 8.97. The Balaban J connectivity index is 2.13. The Bertz CT molecular complexity index is 405. The number of carboxylic acid groups (broad SMARTS) is 1. The lowest BCUT2D eigenvalue weighted by Gasteiger charge is -2.21. The van der Waals surface area contributed by atoms with Crippen LogP contribution >= 0.6 is 0 Å². The van der Waals surface area contributed by atoms with Gasteiger partial charge in [-0.05, 0) is 24.1 Å². The van der Waals surface area contributed by atoms with Crippen LogP contribution in [0.4, 0.5) is 0 Å². The zero-order valence-corrected chi connectivity index (χ0v) is 8.67. The monoisotopic (exact) mass is 220 g/mol. The number of nitrogens with zero attached hydrogens (tertiary/aromatic N) is 2. The van der Waals surface area contributed by atoms with Crippen molar-refractivity contribution in [2.24, 2.45) is 0 Å². The second-order valence-electron chi connectivity index (χ2n) is 3.77. The van der Waals surface area contributed by atoms with Crippen molar-refractivity contribution in [3.8, 4) is 0 Å². The number of amides is 1. The summed E-state index contributed by atoms with van der Waals surface area (Å²) < 4.78 is 0. The molecule has 1 aromatic rings. The molecule has 1 saturated heterocycles. The second-order valence-corrected chi connectivity index (χ2v) is 3.77. The largest absolute Gasteiger partial charge is 0.480 e. The van der Waals surface area contributed by atoms with Gasteiger partial charge in [0.05, 0.1) is 0 Å². The Morgan fingerprint density at radius 1 is 1.50 bits per heavy atom.